The summed E-state index contributed by atoms with van der Waals surface area (Å²) in [4.78, 5) is 25.6. The highest BCUT2D eigenvalue weighted by atomic mass is 16.5. The van der Waals surface area contributed by atoms with Gasteiger partial charge >= 0.3 is 0 Å². The molecule has 1 aromatic carbocycles. The van der Waals surface area contributed by atoms with Gasteiger partial charge in [0.25, 0.3) is 5.91 Å². The van der Waals surface area contributed by atoms with Crippen molar-refractivity contribution in [3.63, 3.8) is 0 Å². The third-order valence-corrected chi connectivity index (χ3v) is 5.03. The molecule has 1 fully saturated rings. The van der Waals surface area contributed by atoms with E-state index in [1.54, 1.807) is 37.3 Å². The molecule has 0 bridgehead atoms. The number of ether oxygens (including phenoxy) is 2. The van der Waals surface area contributed by atoms with Crippen LogP contribution >= 0.6 is 0 Å². The molecule has 0 atom stereocenters. The van der Waals surface area contributed by atoms with Crippen molar-refractivity contribution in [3.8, 4) is 11.5 Å². The number of hydrogen-bond donors (Lipinski definition) is 1. The smallest absolute Gasteiger partial charge is 0.289 e. The van der Waals surface area contributed by atoms with Crippen molar-refractivity contribution in [2.75, 3.05) is 51.0 Å². The number of anilines is 2. The van der Waals surface area contributed by atoms with Crippen LogP contribution in [0.2, 0.25) is 0 Å². The molecular formula is C20H23N5O4. The van der Waals surface area contributed by atoms with Gasteiger partial charge in [0.05, 0.1) is 20.5 Å². The number of methoxy groups -OCH3 is 2. The lowest BCUT2D eigenvalue weighted by Crippen LogP contribution is -2.35. The predicted molar refractivity (Wildman–Crippen MR) is 108 cm³/mol. The van der Waals surface area contributed by atoms with Gasteiger partial charge in [-0.3, -0.25) is 4.79 Å². The number of benzene rings is 1. The molecule has 0 radical (unpaired) electrons. The fourth-order valence-electron chi connectivity index (χ4n) is 3.54. The summed E-state index contributed by atoms with van der Waals surface area (Å²) in [6.07, 6.45) is 2.29. The maximum absolute atomic E-state index is 12.6. The van der Waals surface area contributed by atoms with E-state index in [1.165, 1.54) is 6.26 Å². The summed E-state index contributed by atoms with van der Waals surface area (Å²) in [5, 5.41) is 0.704. The molecule has 0 saturated carbocycles. The minimum atomic E-state index is -0.109. The van der Waals surface area contributed by atoms with E-state index in [0.717, 1.165) is 6.42 Å². The number of aromatic nitrogens is 2. The lowest BCUT2D eigenvalue weighted by Gasteiger charge is -2.22. The fraction of sp³-hybridized carbons (Fsp3) is 0.350. The average molecular weight is 397 g/mol. The standard InChI is InChI=1S/C20H23N5O4/c1-27-14-7-6-13-16(17(14)28-2)22-20(23-18(13)21)25-9-4-8-24(10-11-25)19(26)15-5-3-12-29-15/h3,5-7,12H,4,8-11H2,1-2H3,(H2,21,22,23). The minimum Gasteiger partial charge on any atom is -0.493 e. The van der Waals surface area contributed by atoms with Gasteiger partial charge in [0, 0.05) is 31.6 Å². The first-order valence-electron chi connectivity index (χ1n) is 9.38. The average Bonchev–Trinajstić information content (AvgIpc) is 3.16. The Morgan fingerprint density at radius 1 is 1.10 bits per heavy atom. The normalized spacial score (nSPS) is 14.7. The Morgan fingerprint density at radius 2 is 1.97 bits per heavy atom. The van der Waals surface area contributed by atoms with Gasteiger partial charge in [-0.1, -0.05) is 0 Å². The van der Waals surface area contributed by atoms with Crippen molar-refractivity contribution >= 4 is 28.6 Å². The molecule has 0 unspecified atom stereocenters. The van der Waals surface area contributed by atoms with Crippen LogP contribution in [0.1, 0.15) is 17.0 Å². The molecule has 1 aliphatic rings. The number of fused-ring (bicyclic) bond motifs is 1. The predicted octanol–water partition coefficient (Wildman–Crippen LogP) is 2.17. The van der Waals surface area contributed by atoms with Crippen LogP contribution in [-0.2, 0) is 0 Å². The van der Waals surface area contributed by atoms with Crippen LogP contribution < -0.4 is 20.1 Å². The molecule has 3 heterocycles. The number of hydrogen-bond acceptors (Lipinski definition) is 8. The fourth-order valence-corrected chi connectivity index (χ4v) is 3.54. The number of carbonyl (C=O) groups is 1. The lowest BCUT2D eigenvalue weighted by molar-refractivity contribution is 0.0735. The Morgan fingerprint density at radius 3 is 2.69 bits per heavy atom. The first-order valence-corrected chi connectivity index (χ1v) is 9.38. The van der Waals surface area contributed by atoms with E-state index in [2.05, 4.69) is 4.98 Å². The molecule has 9 heteroatoms. The lowest BCUT2D eigenvalue weighted by atomic mass is 10.2. The van der Waals surface area contributed by atoms with Gasteiger partial charge < -0.3 is 29.4 Å². The van der Waals surface area contributed by atoms with E-state index in [9.17, 15) is 4.79 Å². The van der Waals surface area contributed by atoms with Crippen molar-refractivity contribution in [2.24, 2.45) is 0 Å². The molecule has 1 aliphatic heterocycles. The van der Waals surface area contributed by atoms with Crippen molar-refractivity contribution in [2.45, 2.75) is 6.42 Å². The van der Waals surface area contributed by atoms with Crippen LogP contribution in [0.15, 0.2) is 34.9 Å². The molecule has 2 aromatic heterocycles. The van der Waals surface area contributed by atoms with Crippen LogP contribution in [-0.4, -0.2) is 61.2 Å². The zero-order chi connectivity index (χ0) is 20.4. The van der Waals surface area contributed by atoms with E-state index >= 15 is 0 Å². The van der Waals surface area contributed by atoms with Gasteiger partial charge in [-0.15, -0.1) is 0 Å². The molecule has 152 valence electrons. The molecule has 1 amide bonds. The molecule has 2 N–H and O–H groups in total. The third kappa shape index (κ3) is 3.51. The Balaban J connectivity index is 1.62. The highest BCUT2D eigenvalue weighted by Crippen LogP contribution is 2.36. The Bertz CT molecular complexity index is 1020. The van der Waals surface area contributed by atoms with Crippen molar-refractivity contribution < 1.29 is 18.7 Å². The molecule has 0 aliphatic carbocycles. The van der Waals surface area contributed by atoms with Gasteiger partial charge in [0.1, 0.15) is 11.3 Å². The summed E-state index contributed by atoms with van der Waals surface area (Å²) in [5.41, 5.74) is 6.81. The summed E-state index contributed by atoms with van der Waals surface area (Å²) in [5.74, 6) is 2.22. The number of furan rings is 1. The second kappa shape index (κ2) is 7.86. The van der Waals surface area contributed by atoms with E-state index in [0.29, 0.717) is 66.1 Å². The van der Waals surface area contributed by atoms with E-state index in [1.807, 2.05) is 11.0 Å². The summed E-state index contributed by atoms with van der Waals surface area (Å²) in [7, 11) is 3.15. The third-order valence-electron chi connectivity index (χ3n) is 5.03. The molecule has 29 heavy (non-hydrogen) atoms. The minimum absolute atomic E-state index is 0.109. The quantitative estimate of drug-likeness (QED) is 0.714. The second-order valence-corrected chi connectivity index (χ2v) is 6.72. The zero-order valence-electron chi connectivity index (χ0n) is 16.4. The van der Waals surface area contributed by atoms with Crippen LogP contribution in [0.25, 0.3) is 10.9 Å². The maximum atomic E-state index is 12.6. The Hall–Kier alpha value is -3.49. The van der Waals surface area contributed by atoms with Crippen molar-refractivity contribution in [3.05, 3.63) is 36.3 Å². The van der Waals surface area contributed by atoms with E-state index < -0.39 is 0 Å². The topological polar surface area (TPSA) is 107 Å². The number of carbonyl (C=O) groups excluding carboxylic acids is 1. The number of rotatable bonds is 4. The second-order valence-electron chi connectivity index (χ2n) is 6.72. The first kappa shape index (κ1) is 18.9. The molecule has 1 saturated heterocycles. The van der Waals surface area contributed by atoms with Crippen LogP contribution in [0.5, 0.6) is 11.5 Å². The SMILES string of the molecule is COc1ccc2c(N)nc(N3CCCN(C(=O)c4ccco4)CC3)nc2c1OC. The first-order chi connectivity index (χ1) is 14.1. The highest BCUT2D eigenvalue weighted by molar-refractivity contribution is 5.95. The number of amides is 1. The van der Waals surface area contributed by atoms with Crippen LogP contribution in [0, 0.1) is 0 Å². The Kier molecular flexibility index (Phi) is 5.11. The number of nitrogens with zero attached hydrogens (tertiary/aromatic N) is 4. The zero-order valence-corrected chi connectivity index (χ0v) is 16.4. The van der Waals surface area contributed by atoms with Crippen LogP contribution in [0.4, 0.5) is 11.8 Å². The summed E-state index contributed by atoms with van der Waals surface area (Å²) in [6, 6.07) is 7.00. The highest BCUT2D eigenvalue weighted by Gasteiger charge is 2.24. The maximum Gasteiger partial charge on any atom is 0.289 e. The number of nitrogen functional groups attached to an aromatic ring is 1. The van der Waals surface area contributed by atoms with Crippen molar-refractivity contribution in [1.29, 1.82) is 0 Å². The molecular weight excluding hydrogens is 374 g/mol. The molecule has 9 nitrogen and oxygen atoms in total. The Labute approximate surface area is 168 Å². The monoisotopic (exact) mass is 397 g/mol. The molecule has 0 spiro atoms. The number of nitrogens with two attached hydrogens (primary N) is 1. The van der Waals surface area contributed by atoms with Gasteiger partial charge in [-0.2, -0.15) is 4.98 Å². The van der Waals surface area contributed by atoms with Crippen LogP contribution in [0.3, 0.4) is 0 Å². The van der Waals surface area contributed by atoms with Gasteiger partial charge in [0.15, 0.2) is 17.3 Å². The van der Waals surface area contributed by atoms with Gasteiger partial charge in [0.2, 0.25) is 5.95 Å². The molecule has 3 aromatic rings. The molecule has 4 rings (SSSR count). The van der Waals surface area contributed by atoms with Gasteiger partial charge in [-0.05, 0) is 30.7 Å². The van der Waals surface area contributed by atoms with E-state index in [4.69, 9.17) is 24.6 Å². The largest absolute Gasteiger partial charge is 0.493 e. The van der Waals surface area contributed by atoms with Gasteiger partial charge in [-0.25, -0.2) is 4.98 Å². The van der Waals surface area contributed by atoms with Crippen molar-refractivity contribution in [1.82, 2.24) is 14.9 Å². The summed E-state index contributed by atoms with van der Waals surface area (Å²) < 4.78 is 16.1. The summed E-state index contributed by atoms with van der Waals surface area (Å²) >= 11 is 0. The summed E-state index contributed by atoms with van der Waals surface area (Å²) in [6.45, 7) is 2.47. The van der Waals surface area contributed by atoms with E-state index in [-0.39, 0.29) is 5.91 Å².